The van der Waals surface area contributed by atoms with Gasteiger partial charge in [0.15, 0.2) is 0 Å². The van der Waals surface area contributed by atoms with Crippen LogP contribution in [0, 0.1) is 30.6 Å². The van der Waals surface area contributed by atoms with Gasteiger partial charge in [0.2, 0.25) is 0 Å². The largest absolute Gasteiger partial charge is 0.496 e. The van der Waals surface area contributed by atoms with Crippen LogP contribution in [0.1, 0.15) is 24.0 Å². The van der Waals surface area contributed by atoms with Crippen LogP contribution in [0.4, 0.5) is 5.69 Å². The Bertz CT molecular complexity index is 470. The molecule has 0 radical (unpaired) electrons. The highest BCUT2D eigenvalue weighted by atomic mass is 16.5. The van der Waals surface area contributed by atoms with E-state index in [1.54, 1.807) is 7.11 Å². The van der Waals surface area contributed by atoms with Gasteiger partial charge in [-0.15, -0.1) is 0 Å². The third kappa shape index (κ3) is 2.21. The first-order valence-corrected chi connectivity index (χ1v) is 5.91. The van der Waals surface area contributed by atoms with Crippen LogP contribution >= 0.6 is 0 Å². The number of nitriles is 1. The molecule has 0 amide bonds. The van der Waals surface area contributed by atoms with Gasteiger partial charge in [-0.2, -0.15) is 5.26 Å². The Morgan fingerprint density at radius 2 is 2.06 bits per heavy atom. The number of nitrogens with one attached hydrogen (secondary N) is 1. The van der Waals surface area contributed by atoms with Gasteiger partial charge < -0.3 is 10.1 Å². The normalized spacial score (nSPS) is 16.1. The van der Waals surface area contributed by atoms with Crippen molar-refractivity contribution >= 4 is 5.69 Å². The molecule has 1 aromatic rings. The molecule has 1 saturated carbocycles. The number of anilines is 1. The average molecular weight is 230 g/mol. The molecule has 0 heterocycles. The van der Waals surface area contributed by atoms with Gasteiger partial charge in [0.25, 0.3) is 0 Å². The lowest BCUT2D eigenvalue weighted by Crippen LogP contribution is -2.14. The minimum absolute atomic E-state index is 0.111. The Morgan fingerprint density at radius 3 is 2.59 bits per heavy atom. The molecule has 0 bridgehead atoms. The van der Waals surface area contributed by atoms with Crippen molar-refractivity contribution in [1.29, 1.82) is 5.26 Å². The Hall–Kier alpha value is -1.69. The fourth-order valence-electron chi connectivity index (χ4n) is 1.95. The molecule has 90 valence electrons. The topological polar surface area (TPSA) is 45.0 Å². The summed E-state index contributed by atoms with van der Waals surface area (Å²) in [7, 11) is 1.68. The van der Waals surface area contributed by atoms with E-state index in [9.17, 15) is 0 Å². The second-order valence-corrected chi connectivity index (χ2v) is 4.81. The van der Waals surface area contributed by atoms with Crippen LogP contribution in [0.25, 0.3) is 0 Å². The molecule has 2 rings (SSSR count). The number of benzene rings is 1. The number of rotatable bonds is 4. The van der Waals surface area contributed by atoms with Crippen LogP contribution in [0.5, 0.6) is 5.75 Å². The molecule has 1 aliphatic rings. The van der Waals surface area contributed by atoms with Gasteiger partial charge in [-0.25, -0.2) is 0 Å². The smallest absolute Gasteiger partial charge is 0.122 e. The summed E-state index contributed by atoms with van der Waals surface area (Å²) in [6.07, 6.45) is 2.04. The fraction of sp³-hybridized carbons (Fsp3) is 0.500. The molecule has 0 atom stereocenters. The average Bonchev–Trinajstić information content (AvgIpc) is 3.12. The summed E-state index contributed by atoms with van der Waals surface area (Å²) in [5, 5.41) is 12.4. The number of hydrogen-bond donors (Lipinski definition) is 1. The van der Waals surface area contributed by atoms with E-state index >= 15 is 0 Å². The highest BCUT2D eigenvalue weighted by Crippen LogP contribution is 2.45. The van der Waals surface area contributed by atoms with Crippen molar-refractivity contribution in [3.8, 4) is 11.8 Å². The van der Waals surface area contributed by atoms with Crippen LogP contribution in [0.3, 0.4) is 0 Å². The first-order chi connectivity index (χ1) is 8.12. The molecule has 1 N–H and O–H groups in total. The monoisotopic (exact) mass is 230 g/mol. The van der Waals surface area contributed by atoms with Crippen LogP contribution in [0.15, 0.2) is 12.1 Å². The van der Waals surface area contributed by atoms with E-state index in [0.29, 0.717) is 0 Å². The molecule has 0 saturated heterocycles. The zero-order chi connectivity index (χ0) is 12.5. The van der Waals surface area contributed by atoms with Gasteiger partial charge in [-0.1, -0.05) is 0 Å². The van der Waals surface area contributed by atoms with E-state index in [4.69, 9.17) is 10.00 Å². The van der Waals surface area contributed by atoms with E-state index in [2.05, 4.69) is 25.2 Å². The van der Waals surface area contributed by atoms with Crippen molar-refractivity contribution in [1.82, 2.24) is 0 Å². The van der Waals surface area contributed by atoms with Crippen molar-refractivity contribution in [2.24, 2.45) is 5.41 Å². The van der Waals surface area contributed by atoms with E-state index in [1.165, 1.54) is 5.56 Å². The summed E-state index contributed by atoms with van der Waals surface area (Å²) in [6.45, 7) is 4.87. The lowest BCUT2D eigenvalue weighted by atomic mass is 10.1. The Morgan fingerprint density at radius 1 is 1.35 bits per heavy atom. The first-order valence-electron chi connectivity index (χ1n) is 5.91. The van der Waals surface area contributed by atoms with E-state index in [0.717, 1.165) is 36.4 Å². The van der Waals surface area contributed by atoms with Gasteiger partial charge in [-0.3, -0.25) is 0 Å². The molecule has 3 nitrogen and oxygen atoms in total. The minimum atomic E-state index is -0.111. The van der Waals surface area contributed by atoms with Crippen molar-refractivity contribution < 1.29 is 4.74 Å². The van der Waals surface area contributed by atoms with Crippen LogP contribution < -0.4 is 10.1 Å². The molecular formula is C14H18N2O. The van der Waals surface area contributed by atoms with E-state index in [1.807, 2.05) is 12.1 Å². The van der Waals surface area contributed by atoms with Gasteiger partial charge in [0.1, 0.15) is 5.75 Å². The van der Waals surface area contributed by atoms with Crippen molar-refractivity contribution in [3.63, 3.8) is 0 Å². The molecule has 1 aromatic carbocycles. The molecule has 17 heavy (non-hydrogen) atoms. The summed E-state index contributed by atoms with van der Waals surface area (Å²) >= 11 is 0. The minimum Gasteiger partial charge on any atom is -0.496 e. The highest BCUT2D eigenvalue weighted by Gasteiger charge is 2.42. The van der Waals surface area contributed by atoms with Crippen LogP contribution in [-0.2, 0) is 0 Å². The maximum Gasteiger partial charge on any atom is 0.122 e. The van der Waals surface area contributed by atoms with Crippen LogP contribution in [-0.4, -0.2) is 13.7 Å². The summed E-state index contributed by atoms with van der Waals surface area (Å²) < 4.78 is 5.28. The summed E-state index contributed by atoms with van der Waals surface area (Å²) in [6, 6.07) is 6.38. The molecule has 0 spiro atoms. The zero-order valence-electron chi connectivity index (χ0n) is 10.6. The first kappa shape index (κ1) is 11.8. The number of methoxy groups -OCH3 is 1. The molecule has 0 unspecified atom stereocenters. The Balaban J connectivity index is 2.12. The predicted molar refractivity (Wildman–Crippen MR) is 68.2 cm³/mol. The lowest BCUT2D eigenvalue weighted by Gasteiger charge is -2.15. The number of hydrogen-bond acceptors (Lipinski definition) is 3. The third-order valence-electron chi connectivity index (χ3n) is 3.67. The third-order valence-corrected chi connectivity index (χ3v) is 3.67. The number of nitrogens with zero attached hydrogens (tertiary/aromatic N) is 1. The van der Waals surface area contributed by atoms with Gasteiger partial charge >= 0.3 is 0 Å². The highest BCUT2D eigenvalue weighted by molar-refractivity contribution is 5.58. The van der Waals surface area contributed by atoms with Gasteiger partial charge in [0.05, 0.1) is 18.6 Å². The fourth-order valence-corrected chi connectivity index (χ4v) is 1.95. The van der Waals surface area contributed by atoms with E-state index < -0.39 is 0 Å². The van der Waals surface area contributed by atoms with Crippen molar-refractivity contribution in [2.45, 2.75) is 26.7 Å². The van der Waals surface area contributed by atoms with Crippen molar-refractivity contribution in [3.05, 3.63) is 23.3 Å². The van der Waals surface area contributed by atoms with Crippen LogP contribution in [0.2, 0.25) is 0 Å². The second-order valence-electron chi connectivity index (χ2n) is 4.81. The molecule has 3 heteroatoms. The quantitative estimate of drug-likeness (QED) is 0.864. The second kappa shape index (κ2) is 4.29. The standard InChI is InChI=1S/C14H18N2O/c1-10-11(2)13(17-3)5-4-12(10)16-9-14(8-15)6-7-14/h4-5,16H,6-7,9H2,1-3H3. The molecular weight excluding hydrogens is 212 g/mol. The van der Waals surface area contributed by atoms with Gasteiger partial charge in [0, 0.05) is 12.2 Å². The molecule has 0 aromatic heterocycles. The maximum atomic E-state index is 9.03. The van der Waals surface area contributed by atoms with Crippen molar-refractivity contribution in [2.75, 3.05) is 19.0 Å². The lowest BCUT2D eigenvalue weighted by molar-refractivity contribution is 0.411. The summed E-state index contributed by atoms with van der Waals surface area (Å²) in [5.41, 5.74) is 3.34. The predicted octanol–water partition coefficient (Wildman–Crippen LogP) is 3.03. The summed E-state index contributed by atoms with van der Waals surface area (Å²) in [5.74, 6) is 0.912. The Labute approximate surface area is 102 Å². The molecule has 0 aliphatic heterocycles. The maximum absolute atomic E-state index is 9.03. The summed E-state index contributed by atoms with van der Waals surface area (Å²) in [4.78, 5) is 0. The van der Waals surface area contributed by atoms with E-state index in [-0.39, 0.29) is 5.41 Å². The zero-order valence-corrected chi connectivity index (χ0v) is 10.6. The molecule has 1 aliphatic carbocycles. The number of ether oxygens (including phenoxy) is 1. The van der Waals surface area contributed by atoms with Gasteiger partial charge in [-0.05, 0) is 49.9 Å². The Kier molecular flexibility index (Phi) is 2.97. The molecule has 1 fully saturated rings. The SMILES string of the molecule is COc1ccc(NCC2(C#N)CC2)c(C)c1C.